The van der Waals surface area contributed by atoms with E-state index in [0.29, 0.717) is 16.7 Å². The quantitative estimate of drug-likeness (QED) is 0.567. The zero-order valence-corrected chi connectivity index (χ0v) is 17.0. The van der Waals surface area contributed by atoms with E-state index in [1.54, 1.807) is 19.1 Å². The van der Waals surface area contributed by atoms with Crippen LogP contribution in [-0.4, -0.2) is 31.5 Å². The first-order chi connectivity index (χ1) is 13.8. The molecule has 0 aliphatic carbocycles. The molecule has 8 heteroatoms. The minimum Gasteiger partial charge on any atom is -0.398 e. The van der Waals surface area contributed by atoms with E-state index in [-0.39, 0.29) is 23.6 Å². The molecule has 0 saturated carbocycles. The molecule has 2 aromatic rings. The predicted octanol–water partition coefficient (Wildman–Crippen LogP) is 3.62. The highest BCUT2D eigenvalue weighted by molar-refractivity contribution is 6.45. The second kappa shape index (κ2) is 9.77. The summed E-state index contributed by atoms with van der Waals surface area (Å²) in [5, 5.41) is 10.2. The minimum atomic E-state index is -0.719. The van der Waals surface area contributed by atoms with Gasteiger partial charge in [-0.3, -0.25) is 4.79 Å². The lowest BCUT2D eigenvalue weighted by atomic mass is 9.98. The number of rotatable bonds is 7. The molecule has 1 N–H and O–H groups in total. The maximum atomic E-state index is 14.3. The van der Waals surface area contributed by atoms with E-state index in [0.717, 1.165) is 5.56 Å². The van der Waals surface area contributed by atoms with Crippen LogP contribution >= 0.6 is 0 Å². The third kappa shape index (κ3) is 4.96. The fourth-order valence-corrected chi connectivity index (χ4v) is 2.77. The van der Waals surface area contributed by atoms with Gasteiger partial charge in [0, 0.05) is 18.2 Å². The van der Waals surface area contributed by atoms with E-state index in [1.807, 2.05) is 13.0 Å². The number of likely N-dealkylation sites (N-methyl/N-ethyl adjacent to an activating group) is 1. The largest absolute Gasteiger partial charge is 0.398 e. The molecule has 0 atom stereocenters. The zero-order valence-electron chi connectivity index (χ0n) is 17.0. The van der Waals surface area contributed by atoms with Crippen LogP contribution < -0.4 is 5.32 Å². The van der Waals surface area contributed by atoms with E-state index < -0.39 is 17.5 Å². The molecule has 0 aliphatic heterocycles. The average Bonchev–Trinajstić information content (AvgIpc) is 2.70. The highest BCUT2D eigenvalue weighted by Crippen LogP contribution is 2.20. The summed E-state index contributed by atoms with van der Waals surface area (Å²) in [6, 6.07) is 7.86. The van der Waals surface area contributed by atoms with Gasteiger partial charge >= 0.3 is 0 Å². The van der Waals surface area contributed by atoms with Crippen LogP contribution in [0, 0.1) is 25.5 Å². The molecule has 0 aliphatic rings. The molecule has 2 aromatic carbocycles. The first-order valence-corrected chi connectivity index (χ1v) is 8.85. The highest BCUT2D eigenvalue weighted by atomic mass is 19.1. The van der Waals surface area contributed by atoms with Crippen molar-refractivity contribution in [2.24, 2.45) is 10.3 Å². The molecular formula is C21H23F2N3O3. The molecule has 2 rings (SSSR count). The number of hydrogen-bond donors (Lipinski definition) is 1. The molecule has 0 saturated heterocycles. The number of hydrogen-bond acceptors (Lipinski definition) is 5. The van der Waals surface area contributed by atoms with E-state index >= 15 is 0 Å². The minimum absolute atomic E-state index is 0.0336. The van der Waals surface area contributed by atoms with Gasteiger partial charge in [0.2, 0.25) is 0 Å². The molecule has 0 radical (unpaired) electrons. The Bertz CT molecular complexity index is 972. The van der Waals surface area contributed by atoms with Gasteiger partial charge in [0.15, 0.2) is 5.71 Å². The molecule has 154 valence electrons. The lowest BCUT2D eigenvalue weighted by Gasteiger charge is -2.13. The normalized spacial score (nSPS) is 12.0. The van der Waals surface area contributed by atoms with Gasteiger partial charge in [0.25, 0.3) is 5.91 Å². The number of halogens is 2. The van der Waals surface area contributed by atoms with Gasteiger partial charge in [-0.2, -0.15) is 0 Å². The van der Waals surface area contributed by atoms with E-state index in [2.05, 4.69) is 15.6 Å². The topological polar surface area (TPSA) is 72.3 Å². The Hall–Kier alpha value is -3.29. The van der Waals surface area contributed by atoms with Crippen molar-refractivity contribution in [3.8, 4) is 0 Å². The summed E-state index contributed by atoms with van der Waals surface area (Å²) in [5.41, 5.74) is 2.20. The Kier molecular flexibility index (Phi) is 7.41. The molecule has 0 heterocycles. The summed E-state index contributed by atoms with van der Waals surface area (Å²) in [6.45, 7) is 4.81. The molecule has 6 nitrogen and oxygen atoms in total. The van der Waals surface area contributed by atoms with Crippen molar-refractivity contribution in [2.45, 2.75) is 27.4 Å². The number of oxime groups is 2. The van der Waals surface area contributed by atoms with Gasteiger partial charge in [-0.05, 0) is 38.0 Å². The second-order valence-corrected chi connectivity index (χ2v) is 6.31. The molecule has 0 aromatic heterocycles. The van der Waals surface area contributed by atoms with Crippen LogP contribution in [0.25, 0.3) is 0 Å². The Morgan fingerprint density at radius 1 is 1.10 bits per heavy atom. The smallest absolute Gasteiger partial charge is 0.273 e. The summed E-state index contributed by atoms with van der Waals surface area (Å²) < 4.78 is 28.3. The lowest BCUT2D eigenvalue weighted by Crippen LogP contribution is -2.29. The highest BCUT2D eigenvalue weighted by Gasteiger charge is 2.19. The van der Waals surface area contributed by atoms with Crippen LogP contribution in [0.5, 0.6) is 0 Å². The van der Waals surface area contributed by atoms with Crippen LogP contribution in [0.1, 0.15) is 34.7 Å². The van der Waals surface area contributed by atoms with Crippen LogP contribution in [-0.2, 0) is 21.1 Å². The van der Waals surface area contributed by atoms with Gasteiger partial charge in [0.1, 0.15) is 25.4 Å². The van der Waals surface area contributed by atoms with E-state index in [4.69, 9.17) is 9.68 Å². The van der Waals surface area contributed by atoms with Gasteiger partial charge in [-0.15, -0.1) is 0 Å². The molecule has 0 unspecified atom stereocenters. The maximum Gasteiger partial charge on any atom is 0.273 e. The summed E-state index contributed by atoms with van der Waals surface area (Å²) in [4.78, 5) is 22.3. The molecule has 0 fully saturated rings. The van der Waals surface area contributed by atoms with Crippen molar-refractivity contribution >= 4 is 17.3 Å². The molecular weight excluding hydrogens is 380 g/mol. The first kappa shape index (κ1) is 22.0. The van der Waals surface area contributed by atoms with Crippen molar-refractivity contribution in [1.82, 2.24) is 5.32 Å². The van der Waals surface area contributed by atoms with Crippen LogP contribution in [0.15, 0.2) is 40.6 Å². The lowest BCUT2D eigenvalue weighted by molar-refractivity contribution is -0.114. The monoisotopic (exact) mass is 403 g/mol. The number of carbonyl (C=O) groups excluding carboxylic acids is 1. The molecule has 0 spiro atoms. The predicted molar refractivity (Wildman–Crippen MR) is 107 cm³/mol. The van der Waals surface area contributed by atoms with Crippen LogP contribution in [0.2, 0.25) is 0 Å². The Labute approximate surface area is 168 Å². The number of nitrogens with zero attached hydrogens (tertiary/aromatic N) is 2. The van der Waals surface area contributed by atoms with Gasteiger partial charge in [-0.1, -0.05) is 34.6 Å². The van der Waals surface area contributed by atoms with Gasteiger partial charge in [0.05, 0.1) is 11.3 Å². The summed E-state index contributed by atoms with van der Waals surface area (Å²) in [5.74, 6) is -1.83. The summed E-state index contributed by atoms with van der Waals surface area (Å²) in [6.07, 6.45) is 0. The van der Waals surface area contributed by atoms with Crippen LogP contribution in [0.3, 0.4) is 0 Å². The van der Waals surface area contributed by atoms with Crippen LogP contribution in [0.4, 0.5) is 8.78 Å². The van der Waals surface area contributed by atoms with Gasteiger partial charge in [-0.25, -0.2) is 8.78 Å². The number of amides is 1. The van der Waals surface area contributed by atoms with Crippen molar-refractivity contribution < 1.29 is 23.3 Å². The number of nitrogens with one attached hydrogen (secondary N) is 1. The average molecular weight is 403 g/mol. The van der Waals surface area contributed by atoms with E-state index in [1.165, 1.54) is 33.2 Å². The fourth-order valence-electron chi connectivity index (χ4n) is 2.77. The van der Waals surface area contributed by atoms with Crippen molar-refractivity contribution in [2.75, 3.05) is 14.2 Å². The summed E-state index contributed by atoms with van der Waals surface area (Å²) in [7, 11) is 2.82. The molecule has 1 amide bonds. The van der Waals surface area contributed by atoms with Crippen molar-refractivity contribution in [1.29, 1.82) is 0 Å². The molecule has 0 bridgehead atoms. The zero-order chi connectivity index (χ0) is 21.6. The number of benzene rings is 2. The van der Waals surface area contributed by atoms with Crippen molar-refractivity contribution in [3.63, 3.8) is 0 Å². The van der Waals surface area contributed by atoms with Crippen molar-refractivity contribution in [3.05, 3.63) is 69.8 Å². The SMILES string of the molecule is CNC(=O)/C(=N/OC)c1cccc(C)c1CO/N=C(\C)c1c(F)ccc(C)c1F. The third-order valence-electron chi connectivity index (χ3n) is 4.35. The summed E-state index contributed by atoms with van der Waals surface area (Å²) >= 11 is 0. The Morgan fingerprint density at radius 3 is 2.48 bits per heavy atom. The standard InChI is InChI=1S/C21H23F2N3O3/c1-12-7-6-8-15(20(26-28-5)21(27)24-4)16(12)11-29-25-14(3)18-17(22)10-9-13(2)19(18)23/h6-10H,11H2,1-5H3,(H,24,27)/b25-14+,26-20+. The maximum absolute atomic E-state index is 14.3. The second-order valence-electron chi connectivity index (χ2n) is 6.31. The number of carbonyl (C=O) groups is 1. The number of aryl methyl sites for hydroxylation is 2. The van der Waals surface area contributed by atoms with Gasteiger partial charge < -0.3 is 15.0 Å². The Morgan fingerprint density at radius 2 is 1.83 bits per heavy atom. The Balaban J connectivity index is 2.35. The van der Waals surface area contributed by atoms with E-state index in [9.17, 15) is 13.6 Å². The first-order valence-electron chi connectivity index (χ1n) is 8.85. The fraction of sp³-hybridized carbons (Fsp3) is 0.286. The molecule has 29 heavy (non-hydrogen) atoms. The third-order valence-corrected chi connectivity index (χ3v) is 4.35.